The van der Waals surface area contributed by atoms with Crippen molar-refractivity contribution >= 4 is 22.6 Å². The smallest absolute Gasteiger partial charge is 0.410 e. The molecule has 11 nitrogen and oxygen atoms in total. The minimum atomic E-state index is -1.40. The average molecular weight is 808 g/mol. The van der Waals surface area contributed by atoms with E-state index >= 15 is 0 Å². The molecule has 1 amide bonds. The molecule has 1 saturated heterocycles. The van der Waals surface area contributed by atoms with Crippen molar-refractivity contribution in [3.8, 4) is 11.5 Å². The topological polar surface area (TPSA) is 122 Å². The molecule has 7 rings (SSSR count). The second-order valence-electron chi connectivity index (χ2n) is 16.1. The van der Waals surface area contributed by atoms with Gasteiger partial charge in [-0.15, -0.1) is 13.2 Å². The van der Waals surface area contributed by atoms with Crippen LogP contribution in [0.5, 0.6) is 11.5 Å². The summed E-state index contributed by atoms with van der Waals surface area (Å²) in [5.41, 5.74) is 3.69. The molecule has 2 fully saturated rings. The van der Waals surface area contributed by atoms with E-state index in [-0.39, 0.29) is 57.1 Å². The molecule has 4 aliphatic rings. The molecule has 6 atom stereocenters. The van der Waals surface area contributed by atoms with Gasteiger partial charge in [-0.05, 0) is 84.0 Å². The number of carbonyl (C=O) groups excluding carboxylic acids is 1. The fourth-order valence-electron chi connectivity index (χ4n) is 9.66. The highest BCUT2D eigenvalue weighted by Gasteiger charge is 2.65. The first kappa shape index (κ1) is 42.4. The van der Waals surface area contributed by atoms with Gasteiger partial charge < -0.3 is 34.0 Å². The lowest BCUT2D eigenvalue weighted by molar-refractivity contribution is -0.256. The zero-order valence-electron chi connectivity index (χ0n) is 34.5. The predicted octanol–water partition coefficient (Wildman–Crippen LogP) is 8.01. The summed E-state index contributed by atoms with van der Waals surface area (Å²) in [6.45, 7) is 12.4. The van der Waals surface area contributed by atoms with E-state index in [1.807, 2.05) is 30.3 Å². The van der Waals surface area contributed by atoms with Gasteiger partial charge in [0, 0.05) is 50.8 Å². The molecule has 0 spiro atoms. The number of nitrogens with zero attached hydrogens (tertiary/aromatic N) is 3. The van der Waals surface area contributed by atoms with Crippen molar-refractivity contribution in [3.05, 3.63) is 109 Å². The van der Waals surface area contributed by atoms with Crippen LogP contribution in [-0.2, 0) is 20.9 Å². The summed E-state index contributed by atoms with van der Waals surface area (Å²) in [5, 5.41) is 26.6. The van der Waals surface area contributed by atoms with Crippen molar-refractivity contribution < 1.29 is 38.8 Å². The van der Waals surface area contributed by atoms with Crippen LogP contribution < -0.4 is 9.47 Å². The van der Waals surface area contributed by atoms with Crippen LogP contribution in [-0.4, -0.2) is 103 Å². The maximum atomic E-state index is 14.7. The number of aliphatic hydroxyl groups excluding tert-OH is 2. The van der Waals surface area contributed by atoms with Crippen LogP contribution in [0.2, 0.25) is 0 Å². The van der Waals surface area contributed by atoms with E-state index in [0.29, 0.717) is 31.6 Å². The van der Waals surface area contributed by atoms with E-state index in [1.165, 1.54) is 0 Å². The van der Waals surface area contributed by atoms with E-state index in [0.717, 1.165) is 84.3 Å². The highest BCUT2D eigenvalue weighted by atomic mass is 16.7. The van der Waals surface area contributed by atoms with Crippen molar-refractivity contribution in [3.63, 3.8) is 0 Å². The van der Waals surface area contributed by atoms with E-state index in [1.54, 1.807) is 24.2 Å². The van der Waals surface area contributed by atoms with Gasteiger partial charge in [0.05, 0.1) is 31.4 Å². The molecule has 3 aromatic rings. The Labute approximate surface area is 348 Å². The van der Waals surface area contributed by atoms with Crippen molar-refractivity contribution in [2.24, 2.45) is 22.9 Å². The average Bonchev–Trinajstić information content (AvgIpc) is 4.08. The van der Waals surface area contributed by atoms with Gasteiger partial charge in [0.1, 0.15) is 31.3 Å². The molecule has 316 valence electrons. The Balaban J connectivity index is 1.42. The summed E-state index contributed by atoms with van der Waals surface area (Å²) in [4.78, 5) is 24.5. The lowest BCUT2D eigenvalue weighted by Crippen LogP contribution is -2.70. The van der Waals surface area contributed by atoms with Gasteiger partial charge >= 0.3 is 6.09 Å². The standard InChI is InChI=1S/C48H61N3O8/c1-4-6-28-57-47(54)51(33-36-17-13-16-34-14-7-8-18-38(34)36)44-32-42(49-55-3)40-30-35(15-9-11-25-52)39(19-10-12-26-53)45-41-31-37(56-29-24-50-22-23-50)20-21-43(41)59-48(44,46(40)45)58-27-5-2/h4-5,7-8,13-14,16-18,20-21,30-31,35,39,44-46,52-53H,1-2,6,9-12,15,19,22-29,32-33H2,3H3/t35-,39+,44-,45+,46+,48+/m0/s1. The number of benzene rings is 3. The van der Waals surface area contributed by atoms with E-state index < -0.39 is 23.8 Å². The highest BCUT2D eigenvalue weighted by molar-refractivity contribution is 6.03. The number of amides is 1. The third kappa shape index (κ3) is 9.39. The van der Waals surface area contributed by atoms with Crippen LogP contribution in [0.3, 0.4) is 0 Å². The van der Waals surface area contributed by atoms with Gasteiger partial charge in [0.15, 0.2) is 0 Å². The van der Waals surface area contributed by atoms with Crippen LogP contribution in [0.15, 0.2) is 103 Å². The highest BCUT2D eigenvalue weighted by Crippen LogP contribution is 2.62. The van der Waals surface area contributed by atoms with Gasteiger partial charge in [-0.25, -0.2) is 4.79 Å². The molecule has 59 heavy (non-hydrogen) atoms. The molecule has 2 N–H and O–H groups in total. The minimum absolute atomic E-state index is 0.102. The number of oxime groups is 1. The van der Waals surface area contributed by atoms with Crippen LogP contribution in [0.1, 0.15) is 68.4 Å². The Hall–Kier alpha value is -4.68. The first-order chi connectivity index (χ1) is 29.0. The Bertz CT molecular complexity index is 1970. The molecule has 11 heteroatoms. The summed E-state index contributed by atoms with van der Waals surface area (Å²) < 4.78 is 26.9. The molecular weight excluding hydrogens is 747 g/mol. The molecule has 2 heterocycles. The maximum Gasteiger partial charge on any atom is 0.410 e. The number of rotatable bonds is 22. The Morgan fingerprint density at radius 1 is 1.00 bits per heavy atom. The zero-order chi connectivity index (χ0) is 41.2. The number of ether oxygens (including phenoxy) is 4. The summed E-state index contributed by atoms with van der Waals surface area (Å²) in [7, 11) is 1.56. The Morgan fingerprint density at radius 2 is 1.80 bits per heavy atom. The van der Waals surface area contributed by atoms with Crippen molar-refractivity contribution in [2.75, 3.05) is 59.8 Å². The molecule has 0 radical (unpaired) electrons. The lowest BCUT2D eigenvalue weighted by atomic mass is 9.55. The zero-order valence-corrected chi connectivity index (χ0v) is 34.5. The van der Waals surface area contributed by atoms with Crippen molar-refractivity contribution in [1.29, 1.82) is 0 Å². The number of fused-ring (bicyclic) bond motifs is 3. The molecule has 1 saturated carbocycles. The van der Waals surface area contributed by atoms with Crippen LogP contribution in [0.4, 0.5) is 4.79 Å². The third-order valence-electron chi connectivity index (χ3n) is 12.4. The van der Waals surface area contributed by atoms with Gasteiger partial charge in [-0.3, -0.25) is 9.80 Å². The SMILES string of the molecule is C=CCCOC(=O)N(Cc1cccc2ccccc12)[C@H]1CC(=NOC)C2=C[C@H](CCCCO)[C@@H](CCCCO)[C@@H]3c4cc(OCCN5CC5)ccc4O[C@@]1(OCC=C)[C@H]23. The number of carbonyl (C=O) groups is 1. The Kier molecular flexibility index (Phi) is 14.4. The quantitative estimate of drug-likeness (QED) is 0.0450. The monoisotopic (exact) mass is 807 g/mol. The summed E-state index contributed by atoms with van der Waals surface area (Å²) in [6.07, 6.45) is 10.9. The summed E-state index contributed by atoms with van der Waals surface area (Å²) in [5.74, 6) is -0.307. The molecule has 0 bridgehead atoms. The lowest BCUT2D eigenvalue weighted by Gasteiger charge is -2.59. The normalized spacial score (nSPS) is 25.0. The molecule has 0 aromatic heterocycles. The fraction of sp³-hybridized carbons (Fsp3) is 0.500. The minimum Gasteiger partial charge on any atom is -0.492 e. The number of hydrogen-bond donors (Lipinski definition) is 2. The number of allylic oxidation sites excluding steroid dienone is 1. The first-order valence-corrected chi connectivity index (χ1v) is 21.4. The third-order valence-corrected chi connectivity index (χ3v) is 12.4. The predicted molar refractivity (Wildman–Crippen MR) is 230 cm³/mol. The van der Waals surface area contributed by atoms with Crippen LogP contribution in [0.25, 0.3) is 10.8 Å². The summed E-state index contributed by atoms with van der Waals surface area (Å²) >= 11 is 0. The van der Waals surface area contributed by atoms with Crippen molar-refractivity contribution in [1.82, 2.24) is 9.80 Å². The first-order valence-electron chi connectivity index (χ1n) is 21.4. The van der Waals surface area contributed by atoms with Gasteiger partial charge in [-0.2, -0.15) is 0 Å². The van der Waals surface area contributed by atoms with E-state index in [2.05, 4.69) is 54.5 Å². The molecule has 0 unspecified atom stereocenters. The second kappa shape index (κ2) is 20.1. The fourth-order valence-corrected chi connectivity index (χ4v) is 9.66. The number of aliphatic hydroxyl groups is 2. The van der Waals surface area contributed by atoms with Crippen LogP contribution >= 0.6 is 0 Å². The van der Waals surface area contributed by atoms with Crippen LogP contribution in [0, 0.1) is 17.8 Å². The molecule has 2 aliphatic carbocycles. The number of hydrogen-bond acceptors (Lipinski definition) is 10. The van der Waals surface area contributed by atoms with Gasteiger partial charge in [0.25, 0.3) is 0 Å². The summed E-state index contributed by atoms with van der Waals surface area (Å²) in [6, 6.07) is 19.7. The van der Waals surface area contributed by atoms with Gasteiger partial charge in [0.2, 0.25) is 5.79 Å². The molecular formula is C48H61N3O8. The Morgan fingerprint density at radius 3 is 2.56 bits per heavy atom. The molecule has 2 aliphatic heterocycles. The van der Waals surface area contributed by atoms with Crippen molar-refractivity contribution in [2.45, 2.75) is 75.7 Å². The van der Waals surface area contributed by atoms with Gasteiger partial charge in [-0.1, -0.05) is 78.7 Å². The largest absolute Gasteiger partial charge is 0.492 e. The van der Waals surface area contributed by atoms with E-state index in [9.17, 15) is 15.0 Å². The number of unbranched alkanes of at least 4 members (excludes halogenated alkanes) is 2. The maximum absolute atomic E-state index is 14.7. The molecule has 3 aromatic carbocycles. The second-order valence-corrected chi connectivity index (χ2v) is 16.1. The van der Waals surface area contributed by atoms with E-state index in [4.69, 9.17) is 28.9 Å².